The zero-order valence-corrected chi connectivity index (χ0v) is 15.8. The van der Waals surface area contributed by atoms with Crippen LogP contribution in [0.3, 0.4) is 0 Å². The number of hydrogen-bond acceptors (Lipinski definition) is 6. The Bertz CT molecular complexity index is 834. The van der Waals surface area contributed by atoms with Gasteiger partial charge >= 0.3 is 0 Å². The number of rotatable bonds is 9. The summed E-state index contributed by atoms with van der Waals surface area (Å²) in [4.78, 5) is 13.5. The van der Waals surface area contributed by atoms with Gasteiger partial charge in [0.25, 0.3) is 0 Å². The molecular formula is C22H25N3O3. The molecule has 0 radical (unpaired) electrons. The monoisotopic (exact) mass is 379 g/mol. The van der Waals surface area contributed by atoms with E-state index in [0.29, 0.717) is 30.7 Å². The number of fused-ring (bicyclic) bond motifs is 1. The third-order valence-corrected chi connectivity index (χ3v) is 4.84. The molecular weight excluding hydrogens is 354 g/mol. The average Bonchev–Trinajstić information content (AvgIpc) is 2.73. The first-order valence-electron chi connectivity index (χ1n) is 9.48. The van der Waals surface area contributed by atoms with Crippen molar-refractivity contribution in [1.82, 2.24) is 10.2 Å². The van der Waals surface area contributed by atoms with E-state index in [1.165, 1.54) is 11.1 Å². The Hall–Kier alpha value is -2.72. The number of aliphatic hydroxyl groups excluding tert-OH is 1. The molecule has 2 unspecified atom stereocenters. The lowest BCUT2D eigenvalue weighted by Crippen LogP contribution is -2.43. The van der Waals surface area contributed by atoms with Crippen molar-refractivity contribution in [3.63, 3.8) is 0 Å². The number of β-amino-alcohol motifs (C(OH)–C–C–N with tert-alkyl or cyclic N) is 1. The van der Waals surface area contributed by atoms with E-state index in [9.17, 15) is 9.90 Å². The number of aliphatic hydroxyl groups is 1. The van der Waals surface area contributed by atoms with Crippen molar-refractivity contribution in [2.45, 2.75) is 25.2 Å². The van der Waals surface area contributed by atoms with E-state index in [1.807, 2.05) is 12.1 Å². The predicted molar refractivity (Wildman–Crippen MR) is 106 cm³/mol. The number of carbonyl (C=O) groups excluding carboxylic acids is 1. The minimum absolute atomic E-state index is 0.267. The highest BCUT2D eigenvalue weighted by atomic mass is 16.5. The van der Waals surface area contributed by atoms with Gasteiger partial charge in [0.2, 0.25) is 0 Å². The first kappa shape index (κ1) is 20.0. The average molecular weight is 379 g/mol. The molecule has 0 saturated carbocycles. The summed E-state index contributed by atoms with van der Waals surface area (Å²) in [5.41, 5.74) is 3.09. The summed E-state index contributed by atoms with van der Waals surface area (Å²) in [6.07, 6.45) is 0.442. The molecule has 0 bridgehead atoms. The molecule has 0 fully saturated rings. The van der Waals surface area contributed by atoms with Crippen LogP contribution in [0.1, 0.15) is 16.7 Å². The van der Waals surface area contributed by atoms with Gasteiger partial charge in [0.05, 0.1) is 11.7 Å². The molecule has 3 rings (SSSR count). The van der Waals surface area contributed by atoms with Crippen LogP contribution < -0.4 is 10.1 Å². The Morgan fingerprint density at radius 3 is 2.71 bits per heavy atom. The van der Waals surface area contributed by atoms with Gasteiger partial charge in [0, 0.05) is 32.7 Å². The minimum Gasteiger partial charge on any atom is -0.480 e. The Labute approximate surface area is 165 Å². The first-order valence-corrected chi connectivity index (χ1v) is 9.48. The van der Waals surface area contributed by atoms with Crippen LogP contribution in [0.25, 0.3) is 0 Å². The standard InChI is InChI=1S/C22H25N3O3/c23-11-18-6-3-4-8-22(18)28-21(16-26)13-24-12-20(27)15-25-10-9-17-5-1-2-7-19(17)14-25/h1-8,16,20-21,24,27H,9-10,12-15H2. The quantitative estimate of drug-likeness (QED) is 0.643. The van der Waals surface area contributed by atoms with Crippen molar-refractivity contribution in [2.75, 3.05) is 26.2 Å². The maximum Gasteiger partial charge on any atom is 0.166 e. The minimum atomic E-state index is -0.719. The van der Waals surface area contributed by atoms with Crippen LogP contribution in [0.15, 0.2) is 48.5 Å². The van der Waals surface area contributed by atoms with E-state index < -0.39 is 12.2 Å². The molecule has 2 atom stereocenters. The van der Waals surface area contributed by atoms with Gasteiger partial charge in [-0.25, -0.2) is 0 Å². The second-order valence-corrected chi connectivity index (χ2v) is 6.97. The summed E-state index contributed by atoms with van der Waals surface area (Å²) in [5.74, 6) is 0.386. The van der Waals surface area contributed by atoms with Crippen molar-refractivity contribution in [3.05, 3.63) is 65.2 Å². The van der Waals surface area contributed by atoms with E-state index in [2.05, 4.69) is 28.4 Å². The van der Waals surface area contributed by atoms with Crippen molar-refractivity contribution in [3.8, 4) is 11.8 Å². The molecule has 2 aromatic carbocycles. The maximum atomic E-state index is 11.3. The van der Waals surface area contributed by atoms with Gasteiger partial charge in [0.15, 0.2) is 12.4 Å². The molecule has 2 N–H and O–H groups in total. The van der Waals surface area contributed by atoms with E-state index in [0.717, 1.165) is 19.5 Å². The van der Waals surface area contributed by atoms with Crippen LogP contribution in [0, 0.1) is 11.3 Å². The summed E-state index contributed by atoms with van der Waals surface area (Å²) >= 11 is 0. The predicted octanol–water partition coefficient (Wildman–Crippen LogP) is 1.51. The second-order valence-electron chi connectivity index (χ2n) is 6.97. The van der Waals surface area contributed by atoms with Gasteiger partial charge in [-0.2, -0.15) is 5.26 Å². The number of nitriles is 1. The molecule has 0 spiro atoms. The molecule has 2 aromatic rings. The van der Waals surface area contributed by atoms with E-state index in [-0.39, 0.29) is 6.54 Å². The Morgan fingerprint density at radius 2 is 1.93 bits per heavy atom. The molecule has 1 heterocycles. The number of aldehydes is 1. The summed E-state index contributed by atoms with van der Waals surface area (Å²) in [5, 5.41) is 22.5. The number of benzene rings is 2. The zero-order valence-electron chi connectivity index (χ0n) is 15.8. The van der Waals surface area contributed by atoms with Crippen molar-refractivity contribution < 1.29 is 14.6 Å². The SMILES string of the molecule is N#Cc1ccccc1OC(C=O)CNCC(O)CN1CCc2ccccc2C1. The third-order valence-electron chi connectivity index (χ3n) is 4.84. The Kier molecular flexibility index (Phi) is 7.15. The number of carbonyl (C=O) groups is 1. The lowest BCUT2D eigenvalue weighted by molar-refractivity contribution is -0.113. The van der Waals surface area contributed by atoms with Gasteiger partial charge in [-0.1, -0.05) is 36.4 Å². The summed E-state index contributed by atoms with van der Waals surface area (Å²) in [6, 6.07) is 17.3. The van der Waals surface area contributed by atoms with Crippen molar-refractivity contribution in [2.24, 2.45) is 0 Å². The molecule has 28 heavy (non-hydrogen) atoms. The number of nitrogens with zero attached hydrogens (tertiary/aromatic N) is 2. The second kappa shape index (κ2) is 10.00. The maximum absolute atomic E-state index is 11.3. The fourth-order valence-electron chi connectivity index (χ4n) is 3.41. The topological polar surface area (TPSA) is 85.6 Å². The van der Waals surface area contributed by atoms with E-state index in [4.69, 9.17) is 10.00 Å². The molecule has 1 aliphatic rings. The van der Waals surface area contributed by atoms with Gasteiger partial charge in [0.1, 0.15) is 11.8 Å². The summed E-state index contributed by atoms with van der Waals surface area (Å²) in [6.45, 7) is 2.98. The van der Waals surface area contributed by atoms with Gasteiger partial charge in [-0.15, -0.1) is 0 Å². The highest BCUT2D eigenvalue weighted by Crippen LogP contribution is 2.19. The Balaban J connectivity index is 1.42. The van der Waals surface area contributed by atoms with E-state index >= 15 is 0 Å². The van der Waals surface area contributed by atoms with Crippen molar-refractivity contribution >= 4 is 6.29 Å². The molecule has 146 valence electrons. The molecule has 1 aliphatic heterocycles. The molecule has 6 nitrogen and oxygen atoms in total. The summed E-state index contributed by atoms with van der Waals surface area (Å²) < 4.78 is 5.61. The van der Waals surface area contributed by atoms with Crippen LogP contribution in [0.4, 0.5) is 0 Å². The lowest BCUT2D eigenvalue weighted by atomic mass is 10.00. The fourth-order valence-corrected chi connectivity index (χ4v) is 3.41. The molecule has 0 saturated heterocycles. The summed E-state index contributed by atoms with van der Waals surface area (Å²) in [7, 11) is 0. The van der Waals surface area contributed by atoms with Crippen LogP contribution in [-0.2, 0) is 17.8 Å². The van der Waals surface area contributed by atoms with Gasteiger partial charge in [-0.3, -0.25) is 9.69 Å². The molecule has 6 heteroatoms. The van der Waals surface area contributed by atoms with Gasteiger partial charge in [-0.05, 0) is 29.7 Å². The smallest absolute Gasteiger partial charge is 0.166 e. The normalized spacial score (nSPS) is 15.9. The number of ether oxygens (including phenoxy) is 1. The highest BCUT2D eigenvalue weighted by molar-refractivity contribution is 5.58. The molecule has 0 aliphatic carbocycles. The number of para-hydroxylation sites is 1. The largest absolute Gasteiger partial charge is 0.480 e. The van der Waals surface area contributed by atoms with E-state index in [1.54, 1.807) is 24.3 Å². The van der Waals surface area contributed by atoms with Crippen LogP contribution in [0.5, 0.6) is 5.75 Å². The lowest BCUT2D eigenvalue weighted by Gasteiger charge is -2.30. The van der Waals surface area contributed by atoms with Crippen LogP contribution >= 0.6 is 0 Å². The number of hydrogen-bond donors (Lipinski definition) is 2. The van der Waals surface area contributed by atoms with Gasteiger partial charge < -0.3 is 15.2 Å². The van der Waals surface area contributed by atoms with Crippen LogP contribution in [0.2, 0.25) is 0 Å². The first-order chi connectivity index (χ1) is 13.7. The molecule has 0 amide bonds. The molecule has 0 aromatic heterocycles. The van der Waals surface area contributed by atoms with Crippen LogP contribution in [-0.4, -0.2) is 54.7 Å². The van der Waals surface area contributed by atoms with Crippen molar-refractivity contribution in [1.29, 1.82) is 5.26 Å². The number of nitrogens with one attached hydrogen (secondary N) is 1. The zero-order chi connectivity index (χ0) is 19.8. The third kappa shape index (κ3) is 5.40. The highest BCUT2D eigenvalue weighted by Gasteiger charge is 2.19. The fraction of sp³-hybridized carbons (Fsp3) is 0.364. The Morgan fingerprint density at radius 1 is 1.18 bits per heavy atom.